The minimum Gasteiger partial charge on any atom is -0.480 e. The average molecular weight is 340 g/mol. The third-order valence-electron chi connectivity index (χ3n) is 4.30. The summed E-state index contributed by atoms with van der Waals surface area (Å²) in [6.07, 6.45) is 5.26. The zero-order chi connectivity index (χ0) is 17.6. The molecule has 8 heteroatoms. The van der Waals surface area contributed by atoms with Gasteiger partial charge in [-0.3, -0.25) is 0 Å². The van der Waals surface area contributed by atoms with Gasteiger partial charge in [0.25, 0.3) is 0 Å². The molecule has 8 nitrogen and oxygen atoms in total. The summed E-state index contributed by atoms with van der Waals surface area (Å²) in [6, 6.07) is 2.28. The van der Waals surface area contributed by atoms with Gasteiger partial charge in [-0.2, -0.15) is 10.1 Å². The van der Waals surface area contributed by atoms with Crippen LogP contribution < -0.4 is 14.4 Å². The summed E-state index contributed by atoms with van der Waals surface area (Å²) in [4.78, 5) is 15.2. The fraction of sp³-hybridized carbons (Fsp3) is 0.412. The first-order chi connectivity index (χ1) is 12.0. The highest BCUT2D eigenvalue weighted by Crippen LogP contribution is 2.37. The van der Waals surface area contributed by atoms with Crippen molar-refractivity contribution in [3.05, 3.63) is 24.7 Å². The van der Waals surface area contributed by atoms with Gasteiger partial charge in [0, 0.05) is 31.7 Å². The van der Waals surface area contributed by atoms with Crippen molar-refractivity contribution in [2.45, 2.75) is 13.8 Å². The van der Waals surface area contributed by atoms with E-state index in [2.05, 4.69) is 38.8 Å². The predicted molar refractivity (Wildman–Crippen MR) is 93.1 cm³/mol. The molecule has 3 aromatic rings. The highest BCUT2D eigenvalue weighted by atomic mass is 16.5. The number of hydrogen-bond acceptors (Lipinski definition) is 7. The lowest BCUT2D eigenvalue weighted by Crippen LogP contribution is -2.53. The number of fused-ring (bicyclic) bond motifs is 1. The maximum absolute atomic E-state index is 5.40. The first kappa shape index (κ1) is 15.6. The summed E-state index contributed by atoms with van der Waals surface area (Å²) in [5, 5.41) is 4.63. The van der Waals surface area contributed by atoms with Crippen molar-refractivity contribution in [2.24, 2.45) is 5.41 Å². The lowest BCUT2D eigenvalue weighted by molar-refractivity contribution is 0.277. The zero-order valence-electron chi connectivity index (χ0n) is 14.7. The van der Waals surface area contributed by atoms with Gasteiger partial charge in [0.1, 0.15) is 5.69 Å². The van der Waals surface area contributed by atoms with Crippen LogP contribution in [0.25, 0.3) is 16.9 Å². The smallest absolute Gasteiger partial charge is 0.319 e. The lowest BCUT2D eigenvalue weighted by atomic mass is 9.84. The quantitative estimate of drug-likeness (QED) is 0.719. The zero-order valence-corrected chi connectivity index (χ0v) is 14.7. The largest absolute Gasteiger partial charge is 0.480 e. The van der Waals surface area contributed by atoms with E-state index < -0.39 is 0 Å². The predicted octanol–water partition coefficient (Wildman–Crippen LogP) is 2.05. The van der Waals surface area contributed by atoms with Crippen LogP contribution in [0.15, 0.2) is 24.7 Å². The fourth-order valence-electron chi connectivity index (χ4n) is 3.20. The molecule has 0 unspecified atom stereocenters. The minimum atomic E-state index is 0.258. The number of rotatable bonds is 4. The van der Waals surface area contributed by atoms with Gasteiger partial charge in [0.2, 0.25) is 5.88 Å². The third kappa shape index (κ3) is 2.63. The van der Waals surface area contributed by atoms with Crippen LogP contribution in [0.4, 0.5) is 5.69 Å². The fourth-order valence-corrected chi connectivity index (χ4v) is 3.20. The van der Waals surface area contributed by atoms with Crippen molar-refractivity contribution in [2.75, 3.05) is 32.2 Å². The Morgan fingerprint density at radius 3 is 2.60 bits per heavy atom. The van der Waals surface area contributed by atoms with Crippen molar-refractivity contribution in [1.29, 1.82) is 0 Å². The molecular weight excluding hydrogens is 320 g/mol. The molecule has 0 amide bonds. The topological polar surface area (TPSA) is 77.7 Å². The Morgan fingerprint density at radius 2 is 1.92 bits per heavy atom. The molecule has 1 aliphatic rings. The Hall–Kier alpha value is -2.90. The average Bonchev–Trinajstić information content (AvgIpc) is 3.06. The standard InChI is InChI=1S/C17H20N6O2/c1-17(2)9-22(10-17)13-7-12(21-23-6-5-18-14(13)23)11-8-19-16(25-4)20-15(11)24-3/h5-8H,9-10H2,1-4H3. The molecule has 0 bridgehead atoms. The molecule has 1 aliphatic heterocycles. The second kappa shape index (κ2) is 5.58. The molecule has 25 heavy (non-hydrogen) atoms. The van der Waals surface area contributed by atoms with E-state index in [0.29, 0.717) is 16.9 Å². The number of imidazole rings is 1. The van der Waals surface area contributed by atoms with Crippen molar-refractivity contribution >= 4 is 11.3 Å². The van der Waals surface area contributed by atoms with Gasteiger partial charge in [-0.15, -0.1) is 0 Å². The second-order valence-electron chi connectivity index (χ2n) is 6.91. The van der Waals surface area contributed by atoms with Gasteiger partial charge in [0.05, 0.1) is 25.5 Å². The van der Waals surface area contributed by atoms with Gasteiger partial charge >= 0.3 is 6.01 Å². The minimum absolute atomic E-state index is 0.258. The molecule has 1 fully saturated rings. The number of anilines is 1. The van der Waals surface area contributed by atoms with E-state index >= 15 is 0 Å². The summed E-state index contributed by atoms with van der Waals surface area (Å²) in [5.74, 6) is 0.425. The number of ether oxygens (including phenoxy) is 2. The Morgan fingerprint density at radius 1 is 1.12 bits per heavy atom. The molecule has 1 saturated heterocycles. The van der Waals surface area contributed by atoms with E-state index in [1.54, 1.807) is 24.0 Å². The number of methoxy groups -OCH3 is 2. The molecule has 0 N–H and O–H groups in total. The maximum Gasteiger partial charge on any atom is 0.319 e. The molecule has 4 rings (SSSR count). The van der Waals surface area contributed by atoms with Crippen LogP contribution in [0.5, 0.6) is 11.9 Å². The van der Waals surface area contributed by atoms with Crippen LogP contribution in [0.1, 0.15) is 13.8 Å². The molecule has 4 heterocycles. The molecular formula is C17H20N6O2. The van der Waals surface area contributed by atoms with Crippen molar-refractivity contribution in [1.82, 2.24) is 24.6 Å². The van der Waals surface area contributed by atoms with Crippen LogP contribution in [0, 0.1) is 5.41 Å². The van der Waals surface area contributed by atoms with Crippen molar-refractivity contribution in [3.8, 4) is 23.1 Å². The normalized spacial score (nSPS) is 15.9. The Bertz CT molecular complexity index is 928. The van der Waals surface area contributed by atoms with E-state index in [-0.39, 0.29) is 6.01 Å². The molecule has 0 aliphatic carbocycles. The van der Waals surface area contributed by atoms with E-state index in [4.69, 9.17) is 9.47 Å². The summed E-state index contributed by atoms with van der Waals surface area (Å²) in [7, 11) is 3.09. The third-order valence-corrected chi connectivity index (χ3v) is 4.30. The molecule has 0 aromatic carbocycles. The van der Waals surface area contributed by atoms with E-state index in [0.717, 1.165) is 30.1 Å². The number of hydrogen-bond donors (Lipinski definition) is 0. The first-order valence-corrected chi connectivity index (χ1v) is 8.05. The summed E-state index contributed by atoms with van der Waals surface area (Å²) < 4.78 is 12.2. The van der Waals surface area contributed by atoms with Gasteiger partial charge < -0.3 is 14.4 Å². The number of aromatic nitrogens is 5. The SMILES string of the molecule is COc1ncc(-c2cc(N3CC(C)(C)C3)c3nccn3n2)c(OC)n1. The Labute approximate surface area is 145 Å². The second-order valence-corrected chi connectivity index (χ2v) is 6.91. The molecule has 0 radical (unpaired) electrons. The highest BCUT2D eigenvalue weighted by Gasteiger charge is 2.35. The molecule has 0 spiro atoms. The monoisotopic (exact) mass is 340 g/mol. The summed E-state index contributed by atoms with van der Waals surface area (Å²) >= 11 is 0. The van der Waals surface area contributed by atoms with Crippen LogP contribution in [0.2, 0.25) is 0 Å². The van der Waals surface area contributed by atoms with Gasteiger partial charge in [-0.05, 0) is 11.5 Å². The highest BCUT2D eigenvalue weighted by molar-refractivity contribution is 5.76. The van der Waals surface area contributed by atoms with E-state index in [1.807, 2.05) is 12.3 Å². The molecule has 0 saturated carbocycles. The number of nitrogens with zero attached hydrogens (tertiary/aromatic N) is 6. The molecule has 130 valence electrons. The summed E-state index contributed by atoms with van der Waals surface area (Å²) in [5.41, 5.74) is 3.64. The Balaban J connectivity index is 1.83. The van der Waals surface area contributed by atoms with E-state index in [1.165, 1.54) is 7.11 Å². The van der Waals surface area contributed by atoms with Crippen LogP contribution in [0.3, 0.4) is 0 Å². The van der Waals surface area contributed by atoms with Gasteiger partial charge in [-0.25, -0.2) is 14.5 Å². The summed E-state index contributed by atoms with van der Waals surface area (Å²) in [6.45, 7) is 6.48. The first-order valence-electron chi connectivity index (χ1n) is 8.05. The molecule has 0 atom stereocenters. The molecule has 3 aromatic heterocycles. The van der Waals surface area contributed by atoms with Gasteiger partial charge in [0.15, 0.2) is 5.65 Å². The maximum atomic E-state index is 5.40. The van der Waals surface area contributed by atoms with Gasteiger partial charge in [-0.1, -0.05) is 13.8 Å². The Kier molecular flexibility index (Phi) is 3.48. The van der Waals surface area contributed by atoms with Crippen molar-refractivity contribution in [3.63, 3.8) is 0 Å². The lowest BCUT2D eigenvalue weighted by Gasteiger charge is -2.47. The van der Waals surface area contributed by atoms with Crippen LogP contribution in [-0.4, -0.2) is 51.9 Å². The van der Waals surface area contributed by atoms with Crippen molar-refractivity contribution < 1.29 is 9.47 Å². The van der Waals surface area contributed by atoms with Crippen LogP contribution in [-0.2, 0) is 0 Å². The van der Waals surface area contributed by atoms with Crippen LogP contribution >= 0.6 is 0 Å². The van der Waals surface area contributed by atoms with E-state index in [9.17, 15) is 0 Å².